The Balaban J connectivity index is 2.11. The number of pyridine rings is 1. The molecule has 0 radical (unpaired) electrons. The van der Waals surface area contributed by atoms with E-state index in [9.17, 15) is 0 Å². The Kier molecular flexibility index (Phi) is 8.64. The lowest BCUT2D eigenvalue weighted by atomic mass is 10.4. The molecule has 0 unspecified atom stereocenters. The molecular weight excluding hydrogens is 307 g/mol. The van der Waals surface area contributed by atoms with Gasteiger partial charge < -0.3 is 24.7 Å². The van der Waals surface area contributed by atoms with E-state index in [2.05, 4.69) is 4.98 Å². The normalized spacial score (nSPS) is 10.8. The summed E-state index contributed by atoms with van der Waals surface area (Å²) in [4.78, 5) is 3.94. The molecule has 0 bridgehead atoms. The van der Waals surface area contributed by atoms with Gasteiger partial charge in [0.1, 0.15) is 17.4 Å². The van der Waals surface area contributed by atoms with E-state index in [-0.39, 0.29) is 11.7 Å². The van der Waals surface area contributed by atoms with Gasteiger partial charge in [-0.1, -0.05) is 23.2 Å². The van der Waals surface area contributed by atoms with Crippen LogP contribution < -0.4 is 10.5 Å². The fourth-order valence-corrected chi connectivity index (χ4v) is 1.64. The highest BCUT2D eigenvalue weighted by Crippen LogP contribution is 2.28. The number of aromatic nitrogens is 1. The van der Waals surface area contributed by atoms with E-state index in [0.717, 1.165) is 0 Å². The van der Waals surface area contributed by atoms with Gasteiger partial charge >= 0.3 is 0 Å². The highest BCUT2D eigenvalue weighted by Gasteiger charge is 2.07. The molecule has 0 spiro atoms. The number of nitrogens with zero attached hydrogens (tertiary/aromatic N) is 1. The van der Waals surface area contributed by atoms with Crippen molar-refractivity contribution in [3.8, 4) is 5.88 Å². The summed E-state index contributed by atoms with van der Waals surface area (Å²) in [6.45, 7) is 2.83. The molecule has 114 valence electrons. The van der Waals surface area contributed by atoms with Crippen LogP contribution in [0.1, 0.15) is 0 Å². The van der Waals surface area contributed by atoms with Crippen LogP contribution in [0.25, 0.3) is 0 Å². The zero-order chi connectivity index (χ0) is 14.8. The molecule has 20 heavy (non-hydrogen) atoms. The van der Waals surface area contributed by atoms with Crippen LogP contribution in [-0.2, 0) is 14.2 Å². The Labute approximate surface area is 128 Å². The molecule has 1 heterocycles. The van der Waals surface area contributed by atoms with Gasteiger partial charge in [0, 0.05) is 7.11 Å². The predicted octanol–water partition coefficient (Wildman–Crippen LogP) is 2.03. The van der Waals surface area contributed by atoms with Gasteiger partial charge in [-0.15, -0.1) is 0 Å². The van der Waals surface area contributed by atoms with Crippen molar-refractivity contribution < 1.29 is 18.9 Å². The Morgan fingerprint density at radius 2 is 1.60 bits per heavy atom. The SMILES string of the molecule is COCCOCCOCCOc1nc(N)c(Cl)cc1Cl. The van der Waals surface area contributed by atoms with E-state index >= 15 is 0 Å². The summed E-state index contributed by atoms with van der Waals surface area (Å²) in [5.41, 5.74) is 5.56. The molecule has 0 aromatic carbocycles. The Bertz CT molecular complexity index is 407. The maximum absolute atomic E-state index is 5.91. The highest BCUT2D eigenvalue weighted by atomic mass is 35.5. The quantitative estimate of drug-likeness (QED) is 0.664. The van der Waals surface area contributed by atoms with Gasteiger partial charge in [0.25, 0.3) is 0 Å². The van der Waals surface area contributed by atoms with Crippen molar-refractivity contribution in [1.29, 1.82) is 0 Å². The summed E-state index contributed by atoms with van der Waals surface area (Å²) >= 11 is 11.7. The molecule has 1 aromatic rings. The lowest BCUT2D eigenvalue weighted by molar-refractivity contribution is 0.0177. The fraction of sp³-hybridized carbons (Fsp3) is 0.583. The van der Waals surface area contributed by atoms with Crippen molar-refractivity contribution in [2.75, 3.05) is 52.5 Å². The van der Waals surface area contributed by atoms with Crippen molar-refractivity contribution in [1.82, 2.24) is 4.98 Å². The van der Waals surface area contributed by atoms with E-state index in [1.165, 1.54) is 6.07 Å². The zero-order valence-electron chi connectivity index (χ0n) is 11.2. The molecule has 1 aromatic heterocycles. The maximum atomic E-state index is 5.91. The third-order valence-electron chi connectivity index (χ3n) is 2.19. The summed E-state index contributed by atoms with van der Waals surface area (Å²) in [6, 6.07) is 1.49. The number of methoxy groups -OCH3 is 1. The second-order valence-electron chi connectivity index (χ2n) is 3.71. The monoisotopic (exact) mass is 324 g/mol. The standard InChI is InChI=1S/C12H18Cl2N2O4/c1-17-2-3-18-4-5-19-6-7-20-12-10(14)8-9(13)11(15)16-12/h8H,2-7H2,1H3,(H2,15,16). The zero-order valence-corrected chi connectivity index (χ0v) is 12.7. The van der Waals surface area contributed by atoms with E-state index in [1.54, 1.807) is 7.11 Å². The molecule has 0 saturated heterocycles. The van der Waals surface area contributed by atoms with Gasteiger partial charge in [0.05, 0.1) is 38.1 Å². The van der Waals surface area contributed by atoms with Crippen LogP contribution in [0.2, 0.25) is 10.0 Å². The number of ether oxygens (including phenoxy) is 4. The lowest BCUT2D eigenvalue weighted by Gasteiger charge is -2.09. The van der Waals surface area contributed by atoms with Gasteiger partial charge in [-0.3, -0.25) is 0 Å². The topological polar surface area (TPSA) is 75.8 Å². The van der Waals surface area contributed by atoms with Gasteiger partial charge in [-0.2, -0.15) is 4.98 Å². The first-order chi connectivity index (χ1) is 9.65. The molecule has 2 N–H and O–H groups in total. The molecule has 0 amide bonds. The second-order valence-corrected chi connectivity index (χ2v) is 4.52. The number of rotatable bonds is 10. The molecule has 0 aliphatic carbocycles. The highest BCUT2D eigenvalue weighted by molar-refractivity contribution is 6.36. The van der Waals surface area contributed by atoms with Crippen molar-refractivity contribution in [2.45, 2.75) is 0 Å². The lowest BCUT2D eigenvalue weighted by Crippen LogP contribution is -2.13. The van der Waals surface area contributed by atoms with Crippen LogP contribution in [0.5, 0.6) is 5.88 Å². The molecule has 6 nitrogen and oxygen atoms in total. The molecule has 8 heteroatoms. The first-order valence-electron chi connectivity index (χ1n) is 6.04. The number of hydrogen-bond donors (Lipinski definition) is 1. The summed E-state index contributed by atoms with van der Waals surface area (Å²) in [7, 11) is 1.62. The number of anilines is 1. The molecule has 0 fully saturated rings. The minimum Gasteiger partial charge on any atom is -0.474 e. The molecule has 0 aliphatic rings. The van der Waals surface area contributed by atoms with Crippen LogP contribution in [-0.4, -0.2) is 51.7 Å². The smallest absolute Gasteiger partial charge is 0.234 e. The molecule has 0 saturated carbocycles. The van der Waals surface area contributed by atoms with Crippen molar-refractivity contribution in [3.63, 3.8) is 0 Å². The van der Waals surface area contributed by atoms with E-state index in [0.29, 0.717) is 49.7 Å². The summed E-state index contributed by atoms with van der Waals surface area (Å²) < 4.78 is 20.7. The number of nitrogen functional groups attached to an aromatic ring is 1. The van der Waals surface area contributed by atoms with Gasteiger partial charge in [0.2, 0.25) is 5.88 Å². The van der Waals surface area contributed by atoms with Crippen molar-refractivity contribution >= 4 is 29.0 Å². The largest absolute Gasteiger partial charge is 0.474 e. The summed E-state index contributed by atoms with van der Waals surface area (Å²) in [5.74, 6) is 0.423. The Hall–Kier alpha value is -0.790. The van der Waals surface area contributed by atoms with Crippen LogP contribution in [0, 0.1) is 0 Å². The average molecular weight is 325 g/mol. The molecule has 0 atom stereocenters. The first kappa shape index (κ1) is 17.3. The maximum Gasteiger partial charge on any atom is 0.234 e. The average Bonchev–Trinajstić information content (AvgIpc) is 2.42. The van der Waals surface area contributed by atoms with Crippen LogP contribution in [0.4, 0.5) is 5.82 Å². The number of nitrogens with two attached hydrogens (primary N) is 1. The number of halogens is 2. The minimum atomic E-state index is 0.179. The van der Waals surface area contributed by atoms with Crippen molar-refractivity contribution in [3.05, 3.63) is 16.1 Å². The molecular formula is C12H18Cl2N2O4. The summed E-state index contributed by atoms with van der Waals surface area (Å²) in [6.07, 6.45) is 0. The fourth-order valence-electron chi connectivity index (χ4n) is 1.23. The van der Waals surface area contributed by atoms with Crippen LogP contribution in [0.3, 0.4) is 0 Å². The number of hydrogen-bond acceptors (Lipinski definition) is 6. The van der Waals surface area contributed by atoms with Gasteiger partial charge in [-0.05, 0) is 6.07 Å². The summed E-state index contributed by atoms with van der Waals surface area (Å²) in [5, 5.41) is 0.610. The Morgan fingerprint density at radius 1 is 1.00 bits per heavy atom. The van der Waals surface area contributed by atoms with E-state index in [4.69, 9.17) is 47.9 Å². The van der Waals surface area contributed by atoms with Gasteiger partial charge in [-0.25, -0.2) is 0 Å². The van der Waals surface area contributed by atoms with E-state index in [1.807, 2.05) is 0 Å². The van der Waals surface area contributed by atoms with Crippen molar-refractivity contribution in [2.24, 2.45) is 0 Å². The van der Waals surface area contributed by atoms with Crippen LogP contribution >= 0.6 is 23.2 Å². The Morgan fingerprint density at radius 3 is 2.25 bits per heavy atom. The third kappa shape index (κ3) is 6.58. The molecule has 1 rings (SSSR count). The molecule has 0 aliphatic heterocycles. The predicted molar refractivity (Wildman–Crippen MR) is 77.7 cm³/mol. The van der Waals surface area contributed by atoms with Crippen LogP contribution in [0.15, 0.2) is 6.07 Å². The minimum absolute atomic E-state index is 0.179. The van der Waals surface area contributed by atoms with E-state index < -0.39 is 0 Å². The van der Waals surface area contributed by atoms with Gasteiger partial charge in [0.15, 0.2) is 0 Å². The second kappa shape index (κ2) is 10.0. The first-order valence-corrected chi connectivity index (χ1v) is 6.79. The third-order valence-corrected chi connectivity index (χ3v) is 2.77.